The molecular formula is C12H23N3O2. The number of amides is 2. The highest BCUT2D eigenvalue weighted by atomic mass is 16.2. The maximum Gasteiger partial charge on any atom is 0.217 e. The van der Waals surface area contributed by atoms with Gasteiger partial charge >= 0.3 is 0 Å². The van der Waals surface area contributed by atoms with E-state index in [0.29, 0.717) is 12.5 Å². The van der Waals surface area contributed by atoms with E-state index < -0.39 is 0 Å². The molecule has 1 saturated heterocycles. The van der Waals surface area contributed by atoms with Crippen molar-refractivity contribution in [2.45, 2.75) is 33.2 Å². The van der Waals surface area contributed by atoms with E-state index in [-0.39, 0.29) is 17.9 Å². The van der Waals surface area contributed by atoms with Gasteiger partial charge < -0.3 is 10.6 Å². The fourth-order valence-electron chi connectivity index (χ4n) is 2.43. The Kier molecular flexibility index (Phi) is 5.41. The van der Waals surface area contributed by atoms with Crippen LogP contribution in [0.5, 0.6) is 0 Å². The number of carbonyl (C=O) groups excluding carboxylic acids is 2. The molecule has 1 aliphatic rings. The molecule has 0 radical (unpaired) electrons. The van der Waals surface area contributed by atoms with Gasteiger partial charge in [-0.25, -0.2) is 0 Å². The molecule has 1 fully saturated rings. The number of hydrogen-bond donors (Lipinski definition) is 2. The van der Waals surface area contributed by atoms with Crippen molar-refractivity contribution in [1.29, 1.82) is 0 Å². The molecule has 0 saturated carbocycles. The summed E-state index contributed by atoms with van der Waals surface area (Å²) < 4.78 is 0. The summed E-state index contributed by atoms with van der Waals surface area (Å²) in [5.74, 6) is 0.623. The van der Waals surface area contributed by atoms with Gasteiger partial charge in [0.25, 0.3) is 0 Å². The molecule has 17 heavy (non-hydrogen) atoms. The molecular weight excluding hydrogens is 218 g/mol. The zero-order valence-electron chi connectivity index (χ0n) is 11.0. The normalized spacial score (nSPS) is 25.4. The van der Waals surface area contributed by atoms with Crippen LogP contribution in [0.4, 0.5) is 0 Å². The molecule has 0 spiro atoms. The zero-order chi connectivity index (χ0) is 12.8. The van der Waals surface area contributed by atoms with E-state index in [2.05, 4.69) is 22.5 Å². The van der Waals surface area contributed by atoms with Crippen molar-refractivity contribution in [3.63, 3.8) is 0 Å². The first-order valence-electron chi connectivity index (χ1n) is 6.21. The highest BCUT2D eigenvalue weighted by molar-refractivity contribution is 5.73. The Hall–Kier alpha value is -1.10. The van der Waals surface area contributed by atoms with Crippen LogP contribution in [0, 0.1) is 5.92 Å². The van der Waals surface area contributed by atoms with Crippen LogP contribution in [0.25, 0.3) is 0 Å². The van der Waals surface area contributed by atoms with E-state index in [1.807, 2.05) is 0 Å². The van der Waals surface area contributed by atoms with Gasteiger partial charge in [-0.2, -0.15) is 0 Å². The predicted octanol–water partition coefficient (Wildman–Crippen LogP) is -0.0310. The quantitative estimate of drug-likeness (QED) is 0.726. The summed E-state index contributed by atoms with van der Waals surface area (Å²) in [5, 5.41) is 5.77. The van der Waals surface area contributed by atoms with Crippen molar-refractivity contribution in [2.75, 3.05) is 26.2 Å². The van der Waals surface area contributed by atoms with E-state index in [0.717, 1.165) is 26.1 Å². The second-order valence-corrected chi connectivity index (χ2v) is 4.98. The van der Waals surface area contributed by atoms with Crippen molar-refractivity contribution in [1.82, 2.24) is 15.5 Å². The Balaban J connectivity index is 2.34. The fraction of sp³-hybridized carbons (Fsp3) is 0.833. The van der Waals surface area contributed by atoms with E-state index in [9.17, 15) is 9.59 Å². The highest BCUT2D eigenvalue weighted by Gasteiger charge is 2.24. The zero-order valence-corrected chi connectivity index (χ0v) is 11.0. The van der Waals surface area contributed by atoms with Crippen LogP contribution in [0.1, 0.15) is 27.2 Å². The molecule has 2 N–H and O–H groups in total. The first-order chi connectivity index (χ1) is 7.97. The summed E-state index contributed by atoms with van der Waals surface area (Å²) >= 11 is 0. The van der Waals surface area contributed by atoms with Crippen LogP contribution < -0.4 is 10.6 Å². The number of likely N-dealkylation sites (tertiary alicyclic amines) is 1. The minimum absolute atomic E-state index is 0.00784. The van der Waals surface area contributed by atoms with Crippen LogP contribution in [0.2, 0.25) is 0 Å². The van der Waals surface area contributed by atoms with E-state index in [4.69, 9.17) is 0 Å². The van der Waals surface area contributed by atoms with E-state index in [1.165, 1.54) is 6.92 Å². The van der Waals surface area contributed by atoms with Gasteiger partial charge in [0.15, 0.2) is 0 Å². The number of hydrogen-bond acceptors (Lipinski definition) is 3. The van der Waals surface area contributed by atoms with Gasteiger partial charge in [-0.15, -0.1) is 0 Å². The third-order valence-corrected chi connectivity index (χ3v) is 2.94. The van der Waals surface area contributed by atoms with Crippen molar-refractivity contribution in [3.8, 4) is 0 Å². The summed E-state index contributed by atoms with van der Waals surface area (Å²) in [6, 6.07) is 0.244. The lowest BCUT2D eigenvalue weighted by Gasteiger charge is -2.36. The van der Waals surface area contributed by atoms with Crippen LogP contribution in [0.15, 0.2) is 0 Å². The summed E-state index contributed by atoms with van der Waals surface area (Å²) in [7, 11) is 0. The van der Waals surface area contributed by atoms with Gasteiger partial charge in [-0.1, -0.05) is 6.92 Å². The SMILES string of the molecule is CC(=O)NCCN1CC(C)CC(NC(C)=O)C1. The number of carbonyl (C=O) groups is 2. The predicted molar refractivity (Wildman–Crippen MR) is 66.5 cm³/mol. The molecule has 1 aliphatic heterocycles. The van der Waals surface area contributed by atoms with Crippen LogP contribution in [-0.2, 0) is 9.59 Å². The number of rotatable bonds is 4. The first kappa shape index (κ1) is 14.0. The Bertz CT molecular complexity index is 281. The van der Waals surface area contributed by atoms with E-state index in [1.54, 1.807) is 6.92 Å². The summed E-state index contributed by atoms with van der Waals surface area (Å²) in [5.41, 5.74) is 0. The second-order valence-electron chi connectivity index (χ2n) is 4.98. The Morgan fingerprint density at radius 3 is 2.53 bits per heavy atom. The topological polar surface area (TPSA) is 61.4 Å². The molecule has 0 aromatic heterocycles. The average Bonchev–Trinajstić information content (AvgIpc) is 2.14. The molecule has 0 aromatic rings. The van der Waals surface area contributed by atoms with Gasteiger partial charge in [0, 0.05) is 46.1 Å². The Morgan fingerprint density at radius 2 is 1.94 bits per heavy atom. The van der Waals surface area contributed by atoms with Gasteiger partial charge in [0.1, 0.15) is 0 Å². The van der Waals surface area contributed by atoms with Crippen LogP contribution >= 0.6 is 0 Å². The van der Waals surface area contributed by atoms with Crippen molar-refractivity contribution in [3.05, 3.63) is 0 Å². The molecule has 5 heteroatoms. The molecule has 0 aliphatic carbocycles. The van der Waals surface area contributed by atoms with Crippen LogP contribution in [-0.4, -0.2) is 48.9 Å². The van der Waals surface area contributed by atoms with Gasteiger partial charge in [0.05, 0.1) is 0 Å². The van der Waals surface area contributed by atoms with Crippen molar-refractivity contribution < 1.29 is 9.59 Å². The van der Waals surface area contributed by atoms with Gasteiger partial charge in [-0.05, 0) is 12.3 Å². The van der Waals surface area contributed by atoms with E-state index >= 15 is 0 Å². The molecule has 0 aromatic carbocycles. The largest absolute Gasteiger partial charge is 0.355 e. The van der Waals surface area contributed by atoms with Gasteiger partial charge in [-0.3, -0.25) is 14.5 Å². The maximum absolute atomic E-state index is 11.0. The summed E-state index contributed by atoms with van der Waals surface area (Å²) in [6.45, 7) is 8.72. The molecule has 2 amide bonds. The highest BCUT2D eigenvalue weighted by Crippen LogP contribution is 2.15. The first-order valence-corrected chi connectivity index (χ1v) is 6.21. The second kappa shape index (κ2) is 6.59. The third-order valence-electron chi connectivity index (χ3n) is 2.94. The number of nitrogens with one attached hydrogen (secondary N) is 2. The van der Waals surface area contributed by atoms with Crippen molar-refractivity contribution in [2.24, 2.45) is 5.92 Å². The number of piperidine rings is 1. The van der Waals surface area contributed by atoms with Crippen molar-refractivity contribution >= 4 is 11.8 Å². The maximum atomic E-state index is 11.0. The minimum atomic E-state index is 0.00784. The average molecular weight is 241 g/mol. The summed E-state index contributed by atoms with van der Waals surface area (Å²) in [4.78, 5) is 24.1. The molecule has 1 rings (SSSR count). The lowest BCUT2D eigenvalue weighted by molar-refractivity contribution is -0.120. The Morgan fingerprint density at radius 1 is 1.24 bits per heavy atom. The monoisotopic (exact) mass is 241 g/mol. The lowest BCUT2D eigenvalue weighted by Crippen LogP contribution is -2.51. The molecule has 2 unspecified atom stereocenters. The lowest BCUT2D eigenvalue weighted by atomic mass is 9.96. The molecule has 0 bridgehead atoms. The third kappa shape index (κ3) is 5.68. The van der Waals surface area contributed by atoms with Gasteiger partial charge in [0.2, 0.25) is 11.8 Å². The molecule has 98 valence electrons. The minimum Gasteiger partial charge on any atom is -0.355 e. The standard InChI is InChI=1S/C12H23N3O2/c1-9-6-12(14-11(3)17)8-15(7-9)5-4-13-10(2)16/h9,12H,4-8H2,1-3H3,(H,13,16)(H,14,17). The molecule has 5 nitrogen and oxygen atoms in total. The fourth-order valence-corrected chi connectivity index (χ4v) is 2.43. The molecule has 2 atom stereocenters. The summed E-state index contributed by atoms with van der Waals surface area (Å²) in [6.07, 6.45) is 1.04. The van der Waals surface area contributed by atoms with Crippen LogP contribution in [0.3, 0.4) is 0 Å². The smallest absolute Gasteiger partial charge is 0.217 e. The Labute approximate surface area is 103 Å². The molecule has 1 heterocycles. The number of nitrogens with zero attached hydrogens (tertiary/aromatic N) is 1.